The fraction of sp³-hybridized carbons (Fsp3) is 1.00. The van der Waals surface area contributed by atoms with E-state index in [9.17, 15) is 0 Å². The maximum Gasteiger partial charge on any atom is 0.117 e. The molecule has 2 saturated carbocycles. The predicted molar refractivity (Wildman–Crippen MR) is 144 cm³/mol. The fourth-order valence-corrected chi connectivity index (χ4v) is 9.88. The van der Waals surface area contributed by atoms with Crippen molar-refractivity contribution in [3.05, 3.63) is 0 Å². The average molecular weight is 446 g/mol. The van der Waals surface area contributed by atoms with Crippen molar-refractivity contribution in [2.45, 2.75) is 159 Å². The molecule has 0 nitrogen and oxygen atoms in total. The Morgan fingerprint density at radius 2 is 1.29 bits per heavy atom. The Hall–Kier alpha value is 0.415. The molecule has 1 saturated heterocycles. The lowest BCUT2D eigenvalue weighted by Crippen LogP contribution is -2.39. The van der Waals surface area contributed by atoms with E-state index in [0.717, 1.165) is 35.3 Å². The molecule has 3 rings (SSSR count). The summed E-state index contributed by atoms with van der Waals surface area (Å²) in [5, 5.41) is 0. The molecule has 0 aromatic rings. The first-order valence-corrected chi connectivity index (χ1v) is 15.0. The van der Waals surface area contributed by atoms with Gasteiger partial charge in [0.2, 0.25) is 0 Å². The van der Waals surface area contributed by atoms with Gasteiger partial charge in [-0.1, -0.05) is 130 Å². The minimum absolute atomic E-state index is 0.456. The van der Waals surface area contributed by atoms with Crippen molar-refractivity contribution < 1.29 is 0 Å². The Morgan fingerprint density at radius 1 is 0.710 bits per heavy atom. The lowest BCUT2D eigenvalue weighted by molar-refractivity contribution is 0.213. The van der Waals surface area contributed by atoms with Crippen molar-refractivity contribution in [2.24, 2.45) is 23.7 Å². The van der Waals surface area contributed by atoms with E-state index in [-0.39, 0.29) is 0 Å². The molecule has 4 atom stereocenters. The summed E-state index contributed by atoms with van der Waals surface area (Å²) in [7, 11) is 2.81. The zero-order chi connectivity index (χ0) is 22.5. The van der Waals surface area contributed by atoms with Crippen LogP contribution in [0, 0.1) is 23.7 Å². The first-order valence-electron chi connectivity index (χ1n) is 14.2. The molecule has 0 spiro atoms. The Morgan fingerprint density at radius 3 is 1.94 bits per heavy atom. The molecule has 0 aromatic carbocycles. The van der Waals surface area contributed by atoms with Gasteiger partial charge in [0.05, 0.1) is 0 Å². The van der Waals surface area contributed by atoms with Crippen molar-refractivity contribution in [2.75, 3.05) is 0 Å². The molecule has 1 radical (unpaired) electrons. The molecule has 3 aliphatic rings. The molecule has 2 aliphatic carbocycles. The molecule has 2 heteroatoms. The summed E-state index contributed by atoms with van der Waals surface area (Å²) in [5.41, 5.74) is 0. The quantitative estimate of drug-likeness (QED) is 0.277. The first-order chi connectivity index (χ1) is 14.6. The van der Waals surface area contributed by atoms with Gasteiger partial charge in [-0.05, 0) is 42.9 Å². The Bertz CT molecular complexity index is 503. The van der Waals surface area contributed by atoms with Gasteiger partial charge in [0.15, 0.2) is 0 Å². The summed E-state index contributed by atoms with van der Waals surface area (Å²) < 4.78 is 0.912. The lowest BCUT2D eigenvalue weighted by atomic mass is 9.51. The highest BCUT2D eigenvalue weighted by Crippen LogP contribution is 2.52. The average Bonchev–Trinajstić information content (AvgIpc) is 3.02. The topological polar surface area (TPSA) is 0 Å². The van der Waals surface area contributed by atoms with Gasteiger partial charge in [-0.15, -0.1) is 11.8 Å². The van der Waals surface area contributed by atoms with Crippen LogP contribution in [0.4, 0.5) is 0 Å². The molecule has 0 N–H and O–H groups in total. The van der Waals surface area contributed by atoms with Crippen molar-refractivity contribution in [3.63, 3.8) is 0 Å². The largest absolute Gasteiger partial charge is 0.149 e. The fourth-order valence-electron chi connectivity index (χ4n) is 7.79. The van der Waals surface area contributed by atoms with Crippen LogP contribution in [0.1, 0.15) is 138 Å². The molecule has 0 aromatic heterocycles. The maximum atomic E-state index is 2.81. The van der Waals surface area contributed by atoms with E-state index < -0.39 is 0 Å². The highest BCUT2D eigenvalue weighted by atomic mass is 32.2. The van der Waals surface area contributed by atoms with Crippen LogP contribution < -0.4 is 0 Å². The molecule has 0 amide bonds. The van der Waals surface area contributed by atoms with Gasteiger partial charge < -0.3 is 0 Å². The predicted octanol–water partition coefficient (Wildman–Crippen LogP) is 9.95. The summed E-state index contributed by atoms with van der Waals surface area (Å²) in [6.45, 7) is 15.1. The van der Waals surface area contributed by atoms with Crippen LogP contribution in [0.2, 0.25) is 11.6 Å². The van der Waals surface area contributed by atoms with E-state index in [4.69, 9.17) is 0 Å². The molecule has 1 aliphatic heterocycles. The minimum atomic E-state index is 0.456. The van der Waals surface area contributed by atoms with Gasteiger partial charge in [0, 0.05) is 9.49 Å². The van der Waals surface area contributed by atoms with Gasteiger partial charge in [0.25, 0.3) is 0 Å². The van der Waals surface area contributed by atoms with Crippen LogP contribution in [0.25, 0.3) is 0 Å². The standard InChI is InChI=1S/C29H54BS/c1-22(26-20-28(3,4)31-29(5,6)21-26)18-25-14-11-15-27(17-16-25)30-23(2)19-24-12-9-7-8-10-13-24/h22-27H,7-21H2,1-6H3. The molecule has 1 heterocycles. The van der Waals surface area contributed by atoms with Gasteiger partial charge in [0.1, 0.15) is 7.28 Å². The van der Waals surface area contributed by atoms with Crippen molar-refractivity contribution in [3.8, 4) is 0 Å². The minimum Gasteiger partial charge on any atom is -0.149 e. The second-order valence-corrected chi connectivity index (χ2v) is 15.8. The first kappa shape index (κ1) is 26.0. The van der Waals surface area contributed by atoms with Crippen LogP contribution >= 0.6 is 11.8 Å². The smallest absolute Gasteiger partial charge is 0.117 e. The van der Waals surface area contributed by atoms with Crippen LogP contribution in [-0.4, -0.2) is 16.8 Å². The van der Waals surface area contributed by atoms with E-state index >= 15 is 0 Å². The number of thioether (sulfide) groups is 1. The maximum absolute atomic E-state index is 2.81. The zero-order valence-electron chi connectivity index (χ0n) is 22.1. The third-order valence-corrected chi connectivity index (χ3v) is 10.4. The number of hydrogen-bond acceptors (Lipinski definition) is 1. The summed E-state index contributed by atoms with van der Waals surface area (Å²) in [5.74, 6) is 5.59. The lowest BCUT2D eigenvalue weighted by Gasteiger charge is -2.46. The van der Waals surface area contributed by atoms with Crippen molar-refractivity contribution >= 4 is 19.0 Å². The normalized spacial score (nSPS) is 32.6. The van der Waals surface area contributed by atoms with Gasteiger partial charge in [-0.25, -0.2) is 0 Å². The third-order valence-electron chi connectivity index (χ3n) is 8.98. The van der Waals surface area contributed by atoms with E-state index in [2.05, 4.69) is 60.6 Å². The van der Waals surface area contributed by atoms with Crippen molar-refractivity contribution in [1.29, 1.82) is 0 Å². The van der Waals surface area contributed by atoms with Crippen LogP contribution in [-0.2, 0) is 0 Å². The summed E-state index contributed by atoms with van der Waals surface area (Å²) in [6.07, 6.45) is 22.2. The second-order valence-electron chi connectivity index (χ2n) is 13.4. The van der Waals surface area contributed by atoms with E-state index in [1.54, 1.807) is 0 Å². The van der Waals surface area contributed by atoms with Gasteiger partial charge in [-0.3, -0.25) is 0 Å². The van der Waals surface area contributed by atoms with Crippen LogP contribution in [0.5, 0.6) is 0 Å². The van der Waals surface area contributed by atoms with E-state index in [0.29, 0.717) is 9.49 Å². The molecular weight excluding hydrogens is 391 g/mol. The number of rotatable bonds is 7. The Kier molecular flexibility index (Phi) is 9.83. The summed E-state index contributed by atoms with van der Waals surface area (Å²) in [6, 6.07) is 0. The van der Waals surface area contributed by atoms with Crippen LogP contribution in [0.15, 0.2) is 0 Å². The van der Waals surface area contributed by atoms with Crippen molar-refractivity contribution in [1.82, 2.24) is 0 Å². The van der Waals surface area contributed by atoms with E-state index in [1.807, 2.05) is 0 Å². The second kappa shape index (κ2) is 11.7. The molecule has 31 heavy (non-hydrogen) atoms. The number of hydrogen-bond donors (Lipinski definition) is 0. The summed E-state index contributed by atoms with van der Waals surface area (Å²) >= 11 is 2.23. The monoisotopic (exact) mass is 445 g/mol. The Balaban J connectivity index is 1.42. The Labute approximate surface area is 201 Å². The highest BCUT2D eigenvalue weighted by molar-refractivity contribution is 8.01. The highest BCUT2D eigenvalue weighted by Gasteiger charge is 2.41. The molecular formula is C29H54BS. The SMILES string of the molecule is CC([B]C1CCCC(CC(C)C2CC(C)(C)SC(C)(C)C2)CC1)CC1CCCCCC1. The molecule has 4 unspecified atom stereocenters. The van der Waals surface area contributed by atoms with Crippen LogP contribution in [0.3, 0.4) is 0 Å². The third kappa shape index (κ3) is 8.94. The molecule has 0 bridgehead atoms. The molecule has 3 fully saturated rings. The zero-order valence-corrected chi connectivity index (χ0v) is 22.9. The summed E-state index contributed by atoms with van der Waals surface area (Å²) in [4.78, 5) is 0. The molecule has 179 valence electrons. The van der Waals surface area contributed by atoms with Gasteiger partial charge in [-0.2, -0.15) is 0 Å². The van der Waals surface area contributed by atoms with E-state index in [1.165, 1.54) is 96.3 Å². The van der Waals surface area contributed by atoms with Gasteiger partial charge >= 0.3 is 0 Å².